The normalized spacial score (nSPS) is 16.8. The highest BCUT2D eigenvalue weighted by molar-refractivity contribution is 6.33. The first-order valence-electron chi connectivity index (χ1n) is 10.2. The number of aromatic nitrogens is 5. The second-order valence-corrected chi connectivity index (χ2v) is 8.39. The Kier molecular flexibility index (Phi) is 5.91. The average molecular weight is 461 g/mol. The quantitative estimate of drug-likeness (QED) is 0.599. The third-order valence-corrected chi connectivity index (χ3v) is 6.00. The Labute approximate surface area is 189 Å². The molecule has 31 heavy (non-hydrogen) atoms. The van der Waals surface area contributed by atoms with Gasteiger partial charge in [0.05, 0.1) is 25.4 Å². The zero-order valence-electron chi connectivity index (χ0n) is 16.8. The van der Waals surface area contributed by atoms with Crippen LogP contribution in [0.5, 0.6) is 0 Å². The maximum absolute atomic E-state index is 6.39. The lowest BCUT2D eigenvalue weighted by molar-refractivity contribution is 0.0331. The van der Waals surface area contributed by atoms with Crippen LogP contribution in [0.2, 0.25) is 10.0 Å². The molecule has 5 rings (SSSR count). The molecule has 1 saturated heterocycles. The molecule has 9 nitrogen and oxygen atoms in total. The van der Waals surface area contributed by atoms with Crippen molar-refractivity contribution in [2.45, 2.75) is 13.1 Å². The minimum absolute atomic E-state index is 0.532. The van der Waals surface area contributed by atoms with Crippen molar-refractivity contribution in [2.24, 2.45) is 0 Å². The highest BCUT2D eigenvalue weighted by atomic mass is 35.5. The molecule has 0 unspecified atom stereocenters. The summed E-state index contributed by atoms with van der Waals surface area (Å²) in [5.41, 5.74) is 2.52. The number of morpholine rings is 1. The van der Waals surface area contributed by atoms with E-state index >= 15 is 0 Å². The third-order valence-electron chi connectivity index (χ3n) is 5.40. The molecule has 2 aliphatic rings. The number of nitrogens with one attached hydrogen (secondary N) is 2. The van der Waals surface area contributed by atoms with Gasteiger partial charge in [-0.2, -0.15) is 5.10 Å². The summed E-state index contributed by atoms with van der Waals surface area (Å²) in [5, 5.41) is 20.7. The van der Waals surface area contributed by atoms with Crippen LogP contribution in [0.15, 0.2) is 24.3 Å². The van der Waals surface area contributed by atoms with Gasteiger partial charge in [-0.1, -0.05) is 23.2 Å². The second kappa shape index (κ2) is 8.96. The fourth-order valence-electron chi connectivity index (χ4n) is 3.77. The van der Waals surface area contributed by atoms with Gasteiger partial charge in [0.2, 0.25) is 5.82 Å². The summed E-state index contributed by atoms with van der Waals surface area (Å²) >= 11 is 12.6. The number of aromatic amines is 1. The van der Waals surface area contributed by atoms with Crippen LogP contribution < -0.4 is 10.2 Å². The van der Waals surface area contributed by atoms with E-state index in [-0.39, 0.29) is 0 Å². The number of halogens is 2. The fourth-order valence-corrected chi connectivity index (χ4v) is 4.15. The molecule has 11 heteroatoms. The SMILES string of the molecule is Clc1ccc(Cl)c(CN2CCNc3nnc(-c4n[nH]c(CN5CCOCC5)n4)cc32)c1. The van der Waals surface area contributed by atoms with E-state index in [1.165, 1.54) is 0 Å². The summed E-state index contributed by atoms with van der Waals surface area (Å²) < 4.78 is 5.40. The maximum atomic E-state index is 6.39. The van der Waals surface area contributed by atoms with Gasteiger partial charge in [-0.05, 0) is 29.8 Å². The van der Waals surface area contributed by atoms with E-state index in [1.54, 1.807) is 6.07 Å². The van der Waals surface area contributed by atoms with Crippen molar-refractivity contribution in [1.82, 2.24) is 30.3 Å². The minimum atomic E-state index is 0.532. The first-order chi connectivity index (χ1) is 15.2. The number of fused-ring (bicyclic) bond motifs is 1. The number of benzene rings is 1. The van der Waals surface area contributed by atoms with E-state index in [9.17, 15) is 0 Å². The summed E-state index contributed by atoms with van der Waals surface area (Å²) in [6.07, 6.45) is 0. The van der Waals surface area contributed by atoms with Crippen LogP contribution in [0.1, 0.15) is 11.4 Å². The molecule has 0 bridgehead atoms. The largest absolute Gasteiger partial charge is 0.379 e. The van der Waals surface area contributed by atoms with Gasteiger partial charge < -0.3 is 15.0 Å². The number of H-pyrrole nitrogens is 1. The number of anilines is 2. The Morgan fingerprint density at radius 2 is 1.90 bits per heavy atom. The van der Waals surface area contributed by atoms with Gasteiger partial charge in [-0.3, -0.25) is 10.00 Å². The topological polar surface area (TPSA) is 95.1 Å². The van der Waals surface area contributed by atoms with Gasteiger partial charge in [-0.15, -0.1) is 10.2 Å². The van der Waals surface area contributed by atoms with Gasteiger partial charge in [0, 0.05) is 42.8 Å². The van der Waals surface area contributed by atoms with Crippen molar-refractivity contribution in [3.05, 3.63) is 45.7 Å². The van der Waals surface area contributed by atoms with Crippen molar-refractivity contribution in [3.63, 3.8) is 0 Å². The van der Waals surface area contributed by atoms with E-state index < -0.39 is 0 Å². The lowest BCUT2D eigenvalue weighted by atomic mass is 10.1. The van der Waals surface area contributed by atoms with Crippen molar-refractivity contribution in [2.75, 3.05) is 49.6 Å². The molecule has 2 aliphatic heterocycles. The summed E-state index contributed by atoms with van der Waals surface area (Å²) in [5.74, 6) is 2.07. The second-order valence-electron chi connectivity index (χ2n) is 7.54. The maximum Gasteiger partial charge on any atom is 0.201 e. The number of hydrogen-bond donors (Lipinski definition) is 2. The third kappa shape index (κ3) is 4.59. The molecule has 0 atom stereocenters. The van der Waals surface area contributed by atoms with Gasteiger partial charge >= 0.3 is 0 Å². The summed E-state index contributed by atoms with van der Waals surface area (Å²) in [7, 11) is 0. The first kappa shape index (κ1) is 20.4. The molecular formula is C20H22Cl2N8O. The Bertz CT molecular complexity index is 1070. The van der Waals surface area contributed by atoms with Crippen molar-refractivity contribution in [1.29, 1.82) is 0 Å². The molecule has 0 spiro atoms. The summed E-state index contributed by atoms with van der Waals surface area (Å²) in [4.78, 5) is 9.12. The Hall–Kier alpha value is -2.46. The molecule has 0 aliphatic carbocycles. The van der Waals surface area contributed by atoms with E-state index in [2.05, 4.69) is 40.5 Å². The smallest absolute Gasteiger partial charge is 0.201 e. The molecule has 4 heterocycles. The number of hydrogen-bond acceptors (Lipinski definition) is 8. The van der Waals surface area contributed by atoms with E-state index in [4.69, 9.17) is 27.9 Å². The molecule has 1 fully saturated rings. The van der Waals surface area contributed by atoms with Crippen LogP contribution >= 0.6 is 23.2 Å². The summed E-state index contributed by atoms with van der Waals surface area (Å²) in [6.45, 7) is 6.17. The van der Waals surface area contributed by atoms with Gasteiger partial charge in [0.25, 0.3) is 0 Å². The van der Waals surface area contributed by atoms with Gasteiger partial charge in [-0.25, -0.2) is 4.98 Å². The Balaban J connectivity index is 1.37. The molecule has 0 amide bonds. The predicted octanol–water partition coefficient (Wildman–Crippen LogP) is 2.83. The molecule has 0 saturated carbocycles. The first-order valence-corrected chi connectivity index (χ1v) is 10.9. The molecule has 2 N–H and O–H groups in total. The average Bonchev–Trinajstić information content (AvgIpc) is 3.25. The van der Waals surface area contributed by atoms with Crippen LogP contribution in [0.25, 0.3) is 11.5 Å². The Morgan fingerprint density at radius 3 is 2.77 bits per heavy atom. The van der Waals surface area contributed by atoms with Crippen LogP contribution in [0.3, 0.4) is 0 Å². The molecule has 162 valence electrons. The fraction of sp³-hybridized carbons (Fsp3) is 0.400. The van der Waals surface area contributed by atoms with Gasteiger partial charge in [0.15, 0.2) is 5.82 Å². The number of rotatable bonds is 5. The van der Waals surface area contributed by atoms with Crippen LogP contribution in [-0.2, 0) is 17.8 Å². The lowest BCUT2D eigenvalue weighted by Crippen LogP contribution is -2.35. The minimum Gasteiger partial charge on any atom is -0.379 e. The van der Waals surface area contributed by atoms with Crippen LogP contribution in [0.4, 0.5) is 11.5 Å². The molecule has 2 aromatic heterocycles. The Morgan fingerprint density at radius 1 is 1.03 bits per heavy atom. The number of ether oxygens (including phenoxy) is 1. The number of nitrogens with zero attached hydrogens (tertiary/aromatic N) is 6. The van der Waals surface area contributed by atoms with Crippen LogP contribution in [-0.4, -0.2) is 69.7 Å². The standard InChI is InChI=1S/C20H22Cl2N8O/c21-14-1-2-15(22)13(9-14)11-30-4-3-23-20-17(30)10-16(25-28-20)19-24-18(26-27-19)12-29-5-7-31-8-6-29/h1-2,9-10H,3-8,11-12H2,(H,23,28)(H,24,26,27). The summed E-state index contributed by atoms with van der Waals surface area (Å²) in [6, 6.07) is 7.48. The zero-order valence-corrected chi connectivity index (χ0v) is 18.3. The van der Waals surface area contributed by atoms with Crippen molar-refractivity contribution in [3.8, 4) is 11.5 Å². The van der Waals surface area contributed by atoms with E-state index in [0.29, 0.717) is 34.7 Å². The predicted molar refractivity (Wildman–Crippen MR) is 120 cm³/mol. The van der Waals surface area contributed by atoms with Crippen LogP contribution in [0, 0.1) is 0 Å². The molecular weight excluding hydrogens is 439 g/mol. The highest BCUT2D eigenvalue weighted by Crippen LogP contribution is 2.32. The van der Waals surface area contributed by atoms with Crippen molar-refractivity contribution >= 4 is 34.7 Å². The van der Waals surface area contributed by atoms with Crippen molar-refractivity contribution < 1.29 is 4.74 Å². The monoisotopic (exact) mass is 460 g/mol. The van der Waals surface area contributed by atoms with E-state index in [1.807, 2.05) is 18.2 Å². The van der Waals surface area contributed by atoms with Gasteiger partial charge in [0.1, 0.15) is 11.5 Å². The molecule has 1 aromatic carbocycles. The lowest BCUT2D eigenvalue weighted by Gasteiger charge is -2.31. The zero-order chi connectivity index (χ0) is 21.2. The van der Waals surface area contributed by atoms with E-state index in [0.717, 1.165) is 62.3 Å². The molecule has 0 radical (unpaired) electrons. The molecule has 3 aromatic rings. The highest BCUT2D eigenvalue weighted by Gasteiger charge is 2.22.